The molecule has 3 nitrogen and oxygen atoms in total. The smallest absolute Gasteiger partial charge is 0.306 e. The molecule has 2 aromatic rings. The molecule has 0 aliphatic carbocycles. The molecule has 2 aromatic carbocycles. The number of hydrogen-bond donors (Lipinski definition) is 1. The lowest BCUT2D eigenvalue weighted by atomic mass is 10.1. The zero-order chi connectivity index (χ0) is 15.3. The van der Waals surface area contributed by atoms with E-state index in [4.69, 9.17) is 9.94 Å². The summed E-state index contributed by atoms with van der Waals surface area (Å²) in [6, 6.07) is 14.0. The van der Waals surface area contributed by atoms with Gasteiger partial charge in [0, 0.05) is 11.1 Å². The van der Waals surface area contributed by atoms with Crippen LogP contribution in [0.1, 0.15) is 18.1 Å². The van der Waals surface area contributed by atoms with Gasteiger partial charge in [0.25, 0.3) is 0 Å². The molecule has 0 aromatic heterocycles. The predicted molar refractivity (Wildman–Crippen MR) is 76.3 cm³/mol. The molecular weight excluding hydrogens is 276 g/mol. The van der Waals surface area contributed by atoms with Gasteiger partial charge in [-0.15, -0.1) is 0 Å². The van der Waals surface area contributed by atoms with Crippen molar-refractivity contribution in [1.29, 1.82) is 0 Å². The number of halogens is 2. The van der Waals surface area contributed by atoms with Crippen molar-refractivity contribution in [2.24, 2.45) is 5.16 Å². The van der Waals surface area contributed by atoms with Crippen LogP contribution in [0.2, 0.25) is 0 Å². The first-order valence-corrected chi connectivity index (χ1v) is 6.38. The van der Waals surface area contributed by atoms with Crippen LogP contribution in [0.3, 0.4) is 0 Å². The van der Waals surface area contributed by atoms with Gasteiger partial charge < -0.3 is 9.94 Å². The van der Waals surface area contributed by atoms with E-state index in [1.165, 1.54) is 12.1 Å². The highest BCUT2D eigenvalue weighted by molar-refractivity contribution is 5.98. The van der Waals surface area contributed by atoms with Crippen molar-refractivity contribution in [3.05, 3.63) is 65.7 Å². The third-order valence-electron chi connectivity index (χ3n) is 3.02. The SMILES string of the molecule is C/C(=N/O)c1cccc(OCC(F)(F)c2ccccc2)c1. The van der Waals surface area contributed by atoms with E-state index in [2.05, 4.69) is 5.16 Å². The predicted octanol–water partition coefficient (Wildman–Crippen LogP) is 4.06. The molecule has 0 saturated heterocycles. The second-order valence-corrected chi connectivity index (χ2v) is 4.57. The second kappa shape index (κ2) is 6.35. The Morgan fingerprint density at radius 2 is 1.86 bits per heavy atom. The first-order valence-electron chi connectivity index (χ1n) is 6.38. The summed E-state index contributed by atoms with van der Waals surface area (Å²) in [4.78, 5) is 0. The van der Waals surface area contributed by atoms with Gasteiger partial charge in [0.2, 0.25) is 0 Å². The lowest BCUT2D eigenvalue weighted by Gasteiger charge is -2.17. The first kappa shape index (κ1) is 15.0. The van der Waals surface area contributed by atoms with Gasteiger partial charge >= 0.3 is 5.92 Å². The Morgan fingerprint density at radius 3 is 2.52 bits per heavy atom. The molecule has 0 heterocycles. The third-order valence-corrected chi connectivity index (χ3v) is 3.02. The van der Waals surface area contributed by atoms with Gasteiger partial charge in [-0.1, -0.05) is 47.6 Å². The largest absolute Gasteiger partial charge is 0.487 e. The van der Waals surface area contributed by atoms with Gasteiger partial charge in [0.15, 0.2) is 6.61 Å². The quantitative estimate of drug-likeness (QED) is 0.513. The summed E-state index contributed by atoms with van der Waals surface area (Å²) >= 11 is 0. The van der Waals surface area contributed by atoms with E-state index >= 15 is 0 Å². The molecule has 0 amide bonds. The number of benzene rings is 2. The monoisotopic (exact) mass is 291 g/mol. The summed E-state index contributed by atoms with van der Waals surface area (Å²) in [6.07, 6.45) is 0. The topological polar surface area (TPSA) is 41.8 Å². The van der Waals surface area contributed by atoms with Gasteiger partial charge in [0.05, 0.1) is 5.71 Å². The van der Waals surface area contributed by atoms with Crippen LogP contribution in [-0.2, 0) is 5.92 Å². The van der Waals surface area contributed by atoms with Gasteiger partial charge in [-0.2, -0.15) is 8.78 Å². The Morgan fingerprint density at radius 1 is 1.14 bits per heavy atom. The average molecular weight is 291 g/mol. The van der Waals surface area contributed by atoms with E-state index in [1.54, 1.807) is 49.4 Å². The van der Waals surface area contributed by atoms with Crippen molar-refractivity contribution >= 4 is 5.71 Å². The molecule has 0 spiro atoms. The molecular formula is C16H15F2NO2. The molecule has 110 valence electrons. The summed E-state index contributed by atoms with van der Waals surface area (Å²) in [6.45, 7) is 0.855. The number of oxime groups is 1. The Bertz CT molecular complexity index is 627. The summed E-state index contributed by atoms with van der Waals surface area (Å²) in [5.74, 6) is -2.77. The molecule has 5 heteroatoms. The summed E-state index contributed by atoms with van der Waals surface area (Å²) in [5.41, 5.74) is 0.905. The second-order valence-electron chi connectivity index (χ2n) is 4.57. The van der Waals surface area contributed by atoms with Gasteiger partial charge in [-0.05, 0) is 19.1 Å². The average Bonchev–Trinajstić information content (AvgIpc) is 2.53. The Kier molecular flexibility index (Phi) is 4.52. The van der Waals surface area contributed by atoms with Crippen LogP contribution in [0.4, 0.5) is 8.78 Å². The van der Waals surface area contributed by atoms with Crippen LogP contribution < -0.4 is 4.74 Å². The van der Waals surface area contributed by atoms with Gasteiger partial charge in [0.1, 0.15) is 5.75 Å². The van der Waals surface area contributed by atoms with Crippen LogP contribution in [0.5, 0.6) is 5.75 Å². The zero-order valence-corrected chi connectivity index (χ0v) is 11.5. The molecule has 2 rings (SSSR count). The number of hydrogen-bond acceptors (Lipinski definition) is 3. The van der Waals surface area contributed by atoms with Crippen molar-refractivity contribution in [3.8, 4) is 5.75 Å². The highest BCUT2D eigenvalue weighted by atomic mass is 19.3. The van der Waals surface area contributed by atoms with Gasteiger partial charge in [-0.25, -0.2) is 0 Å². The van der Waals surface area contributed by atoms with Crippen molar-refractivity contribution in [2.75, 3.05) is 6.61 Å². The molecule has 0 aliphatic rings. The number of rotatable bonds is 5. The minimum Gasteiger partial charge on any atom is -0.487 e. The van der Waals surface area contributed by atoms with E-state index in [9.17, 15) is 8.78 Å². The van der Waals surface area contributed by atoms with Gasteiger partial charge in [-0.3, -0.25) is 0 Å². The molecule has 0 atom stereocenters. The molecule has 0 aliphatic heterocycles. The maximum Gasteiger partial charge on any atom is 0.306 e. The lowest BCUT2D eigenvalue weighted by Crippen LogP contribution is -2.23. The molecule has 0 unspecified atom stereocenters. The van der Waals surface area contributed by atoms with Crippen molar-refractivity contribution in [2.45, 2.75) is 12.8 Å². The standard InChI is InChI=1S/C16H15F2NO2/c1-12(19-20)13-6-5-9-15(10-13)21-11-16(17,18)14-7-3-2-4-8-14/h2-10,20H,11H2,1H3/b19-12-. The summed E-state index contributed by atoms with van der Waals surface area (Å²) in [7, 11) is 0. The molecule has 0 bridgehead atoms. The molecule has 0 radical (unpaired) electrons. The minimum absolute atomic E-state index is 0.0887. The Balaban J connectivity index is 2.09. The highest BCUT2D eigenvalue weighted by Gasteiger charge is 2.32. The minimum atomic E-state index is -3.07. The number of ether oxygens (including phenoxy) is 1. The maximum absolute atomic E-state index is 14.0. The van der Waals surface area contributed by atoms with E-state index in [0.29, 0.717) is 17.0 Å². The fourth-order valence-electron chi connectivity index (χ4n) is 1.81. The molecule has 0 saturated carbocycles. The van der Waals surface area contributed by atoms with Crippen LogP contribution in [0.25, 0.3) is 0 Å². The van der Waals surface area contributed by atoms with E-state index in [0.717, 1.165) is 0 Å². The summed E-state index contributed by atoms with van der Waals surface area (Å²) < 4.78 is 33.1. The summed E-state index contributed by atoms with van der Waals surface area (Å²) in [5, 5.41) is 11.8. The highest BCUT2D eigenvalue weighted by Crippen LogP contribution is 2.28. The maximum atomic E-state index is 14.0. The third kappa shape index (κ3) is 3.78. The van der Waals surface area contributed by atoms with Crippen LogP contribution in [-0.4, -0.2) is 17.5 Å². The number of nitrogens with zero attached hydrogens (tertiary/aromatic N) is 1. The van der Waals surface area contributed by atoms with E-state index in [1.807, 2.05) is 0 Å². The van der Waals surface area contributed by atoms with Crippen LogP contribution in [0, 0.1) is 0 Å². The number of alkyl halides is 2. The first-order chi connectivity index (χ1) is 10.0. The molecule has 1 N–H and O–H groups in total. The Hall–Kier alpha value is -2.43. The van der Waals surface area contributed by atoms with Crippen molar-refractivity contribution in [3.63, 3.8) is 0 Å². The fourth-order valence-corrected chi connectivity index (χ4v) is 1.81. The Labute approximate surface area is 121 Å². The normalized spacial score (nSPS) is 12.2. The zero-order valence-electron chi connectivity index (χ0n) is 11.5. The van der Waals surface area contributed by atoms with Crippen LogP contribution >= 0.6 is 0 Å². The molecule has 0 fully saturated rings. The fraction of sp³-hybridized carbons (Fsp3) is 0.188. The van der Waals surface area contributed by atoms with Crippen molar-refractivity contribution in [1.82, 2.24) is 0 Å². The lowest BCUT2D eigenvalue weighted by molar-refractivity contribution is -0.0467. The van der Waals surface area contributed by atoms with Crippen molar-refractivity contribution < 1.29 is 18.7 Å². The van der Waals surface area contributed by atoms with E-state index < -0.39 is 12.5 Å². The molecule has 21 heavy (non-hydrogen) atoms. The van der Waals surface area contributed by atoms with Crippen LogP contribution in [0.15, 0.2) is 59.8 Å². The van der Waals surface area contributed by atoms with E-state index in [-0.39, 0.29) is 5.56 Å².